The number of aryl methyl sites for hydroxylation is 1. The smallest absolute Gasteiger partial charge is 0.246 e. The zero-order chi connectivity index (χ0) is 22.8. The van der Waals surface area contributed by atoms with E-state index in [4.69, 9.17) is 0 Å². The summed E-state index contributed by atoms with van der Waals surface area (Å²) >= 11 is 0. The number of hydrogen-bond acceptors (Lipinski definition) is 6. The standard InChI is InChI=1S/C26H26N6O/c1-16-11-19(6-8-23(16)18-9-10-28-24(13-18)17-3-4-17)25-30-26(32-31-25)29-22-7-5-20(15-33)21(12-22)14-27-2/h5-13,15,17,27H,3-4,14H2,1-2H3,(H2,29,30,31,32). The van der Waals surface area contributed by atoms with Crippen LogP contribution in [-0.2, 0) is 6.54 Å². The second kappa shape index (κ2) is 8.96. The summed E-state index contributed by atoms with van der Waals surface area (Å²) in [7, 11) is 1.85. The summed E-state index contributed by atoms with van der Waals surface area (Å²) < 4.78 is 0. The van der Waals surface area contributed by atoms with Crippen molar-refractivity contribution in [1.82, 2.24) is 25.5 Å². The number of rotatable bonds is 8. The number of anilines is 2. The van der Waals surface area contributed by atoms with Crippen LogP contribution in [0.25, 0.3) is 22.5 Å². The van der Waals surface area contributed by atoms with E-state index in [2.05, 4.69) is 68.1 Å². The summed E-state index contributed by atoms with van der Waals surface area (Å²) in [5, 5.41) is 13.6. The van der Waals surface area contributed by atoms with Crippen molar-refractivity contribution in [3.05, 3.63) is 77.1 Å². The maximum absolute atomic E-state index is 11.2. The van der Waals surface area contributed by atoms with Crippen molar-refractivity contribution in [2.24, 2.45) is 0 Å². The van der Waals surface area contributed by atoms with E-state index in [9.17, 15) is 4.79 Å². The Morgan fingerprint density at radius 2 is 1.97 bits per heavy atom. The molecule has 0 spiro atoms. The number of H-pyrrole nitrogens is 1. The molecule has 1 fully saturated rings. The average molecular weight is 439 g/mol. The molecule has 1 aliphatic rings. The SMILES string of the molecule is CNCc1cc(Nc2n[nH]c(-c3ccc(-c4ccnc(C5CC5)c4)c(C)c3)n2)ccc1C=O. The number of benzene rings is 2. The third-order valence-electron chi connectivity index (χ3n) is 5.97. The lowest BCUT2D eigenvalue weighted by atomic mass is 9.98. The van der Waals surface area contributed by atoms with Gasteiger partial charge in [0.05, 0.1) is 0 Å². The molecule has 0 radical (unpaired) electrons. The molecule has 1 saturated carbocycles. The maximum Gasteiger partial charge on any atom is 0.246 e. The van der Waals surface area contributed by atoms with E-state index >= 15 is 0 Å². The number of pyridine rings is 1. The van der Waals surface area contributed by atoms with Gasteiger partial charge < -0.3 is 10.6 Å². The lowest BCUT2D eigenvalue weighted by molar-refractivity contribution is 0.112. The fourth-order valence-electron chi connectivity index (χ4n) is 4.07. The molecule has 4 aromatic rings. The largest absolute Gasteiger partial charge is 0.323 e. The molecule has 0 amide bonds. The summed E-state index contributed by atoms with van der Waals surface area (Å²) in [5.41, 5.74) is 8.15. The van der Waals surface area contributed by atoms with E-state index in [1.165, 1.54) is 35.2 Å². The molecule has 7 nitrogen and oxygen atoms in total. The Morgan fingerprint density at radius 1 is 1.09 bits per heavy atom. The molecule has 0 aliphatic heterocycles. The van der Waals surface area contributed by atoms with Gasteiger partial charge in [-0.05, 0) is 85.5 Å². The molecule has 33 heavy (non-hydrogen) atoms. The first-order chi connectivity index (χ1) is 16.1. The minimum atomic E-state index is 0.476. The number of hydrogen-bond donors (Lipinski definition) is 3. The Balaban J connectivity index is 1.36. The fraction of sp³-hybridized carbons (Fsp3) is 0.231. The summed E-state index contributed by atoms with van der Waals surface area (Å²) in [6.07, 6.45) is 5.27. The van der Waals surface area contributed by atoms with Gasteiger partial charge in [0.1, 0.15) is 6.29 Å². The van der Waals surface area contributed by atoms with E-state index < -0.39 is 0 Å². The molecule has 0 bridgehead atoms. The Hall–Kier alpha value is -3.84. The highest BCUT2D eigenvalue weighted by Gasteiger charge is 2.25. The first kappa shape index (κ1) is 21.0. The van der Waals surface area contributed by atoms with Crippen LogP contribution in [0, 0.1) is 6.92 Å². The zero-order valence-corrected chi connectivity index (χ0v) is 18.7. The third-order valence-corrected chi connectivity index (χ3v) is 5.97. The van der Waals surface area contributed by atoms with E-state index in [0.29, 0.717) is 29.8 Å². The molecular weight excluding hydrogens is 412 g/mol. The molecule has 0 atom stereocenters. The molecule has 2 aromatic carbocycles. The second-order valence-corrected chi connectivity index (χ2v) is 8.47. The summed E-state index contributed by atoms with van der Waals surface area (Å²) in [5.74, 6) is 1.80. The highest BCUT2D eigenvalue weighted by molar-refractivity contribution is 5.79. The van der Waals surface area contributed by atoms with Crippen LogP contribution in [0.2, 0.25) is 0 Å². The molecule has 0 saturated heterocycles. The third kappa shape index (κ3) is 4.54. The van der Waals surface area contributed by atoms with Gasteiger partial charge in [-0.3, -0.25) is 14.9 Å². The van der Waals surface area contributed by atoms with Gasteiger partial charge in [-0.2, -0.15) is 4.98 Å². The van der Waals surface area contributed by atoms with Crippen molar-refractivity contribution in [3.63, 3.8) is 0 Å². The number of nitrogens with one attached hydrogen (secondary N) is 3. The monoisotopic (exact) mass is 438 g/mol. The maximum atomic E-state index is 11.2. The van der Waals surface area contributed by atoms with Crippen LogP contribution in [0.1, 0.15) is 45.9 Å². The quantitative estimate of drug-likeness (QED) is 0.335. The predicted molar refractivity (Wildman–Crippen MR) is 130 cm³/mol. The van der Waals surface area contributed by atoms with Gasteiger partial charge in [0.25, 0.3) is 0 Å². The van der Waals surface area contributed by atoms with Crippen molar-refractivity contribution in [3.8, 4) is 22.5 Å². The molecule has 166 valence electrons. The van der Waals surface area contributed by atoms with Crippen molar-refractivity contribution in [2.45, 2.75) is 32.2 Å². The lowest BCUT2D eigenvalue weighted by Crippen LogP contribution is -2.08. The number of nitrogens with zero attached hydrogens (tertiary/aromatic N) is 3. The van der Waals surface area contributed by atoms with Crippen LogP contribution in [0.4, 0.5) is 11.6 Å². The van der Waals surface area contributed by atoms with E-state index in [-0.39, 0.29) is 0 Å². The summed E-state index contributed by atoms with van der Waals surface area (Å²) in [6, 6.07) is 16.2. The highest BCUT2D eigenvalue weighted by atomic mass is 16.1. The Kier molecular flexibility index (Phi) is 5.71. The van der Waals surface area contributed by atoms with Gasteiger partial charge in [0.2, 0.25) is 5.95 Å². The van der Waals surface area contributed by atoms with Crippen molar-refractivity contribution in [1.29, 1.82) is 0 Å². The first-order valence-corrected chi connectivity index (χ1v) is 11.1. The van der Waals surface area contributed by atoms with Gasteiger partial charge >= 0.3 is 0 Å². The van der Waals surface area contributed by atoms with Crippen LogP contribution in [0.5, 0.6) is 0 Å². The Labute approximate surface area is 192 Å². The van der Waals surface area contributed by atoms with Gasteiger partial charge in [-0.25, -0.2) is 0 Å². The molecule has 5 rings (SSSR count). The number of carbonyl (C=O) groups excluding carboxylic acids is 1. The molecular formula is C26H26N6O. The van der Waals surface area contributed by atoms with E-state index in [1.807, 2.05) is 25.4 Å². The number of aromatic amines is 1. The molecule has 7 heteroatoms. The van der Waals surface area contributed by atoms with Gasteiger partial charge in [0.15, 0.2) is 5.82 Å². The number of carbonyl (C=O) groups is 1. The fourth-order valence-corrected chi connectivity index (χ4v) is 4.07. The van der Waals surface area contributed by atoms with E-state index in [0.717, 1.165) is 23.1 Å². The number of aromatic nitrogens is 4. The number of aldehydes is 1. The van der Waals surface area contributed by atoms with Gasteiger partial charge in [-0.1, -0.05) is 12.1 Å². The van der Waals surface area contributed by atoms with Crippen molar-refractivity contribution >= 4 is 17.9 Å². The normalized spacial score (nSPS) is 13.2. The Bertz CT molecular complexity index is 1310. The van der Waals surface area contributed by atoms with Crippen molar-refractivity contribution in [2.75, 3.05) is 12.4 Å². The molecule has 0 unspecified atom stereocenters. The minimum Gasteiger partial charge on any atom is -0.323 e. The van der Waals surface area contributed by atoms with Crippen molar-refractivity contribution < 1.29 is 4.79 Å². The van der Waals surface area contributed by atoms with Crippen LogP contribution in [0.15, 0.2) is 54.7 Å². The first-order valence-electron chi connectivity index (χ1n) is 11.1. The van der Waals surface area contributed by atoms with Crippen LogP contribution < -0.4 is 10.6 Å². The zero-order valence-electron chi connectivity index (χ0n) is 18.7. The minimum absolute atomic E-state index is 0.476. The summed E-state index contributed by atoms with van der Waals surface area (Å²) in [4.78, 5) is 20.4. The molecule has 2 aromatic heterocycles. The average Bonchev–Trinajstić information content (AvgIpc) is 3.58. The van der Waals surface area contributed by atoms with Gasteiger partial charge in [-0.15, -0.1) is 5.10 Å². The summed E-state index contributed by atoms with van der Waals surface area (Å²) in [6.45, 7) is 2.72. The molecule has 2 heterocycles. The predicted octanol–water partition coefficient (Wildman–Crippen LogP) is 5.00. The van der Waals surface area contributed by atoms with Crippen LogP contribution in [0.3, 0.4) is 0 Å². The van der Waals surface area contributed by atoms with E-state index in [1.54, 1.807) is 6.07 Å². The van der Waals surface area contributed by atoms with Crippen LogP contribution in [-0.4, -0.2) is 33.5 Å². The highest BCUT2D eigenvalue weighted by Crippen LogP contribution is 2.40. The Morgan fingerprint density at radius 3 is 2.73 bits per heavy atom. The van der Waals surface area contributed by atoms with Gasteiger partial charge in [0, 0.05) is 41.2 Å². The second-order valence-electron chi connectivity index (χ2n) is 8.47. The topological polar surface area (TPSA) is 95.6 Å². The van der Waals surface area contributed by atoms with Crippen LogP contribution >= 0.6 is 0 Å². The molecule has 1 aliphatic carbocycles. The lowest BCUT2D eigenvalue weighted by Gasteiger charge is -2.09. The molecule has 3 N–H and O–H groups in total.